The predicted molar refractivity (Wildman–Crippen MR) is 321 cm³/mol. The Hall–Kier alpha value is -6.13. The van der Waals surface area contributed by atoms with E-state index < -0.39 is 25.7 Å². The normalized spacial score (nSPS) is 16.4. The molecule has 2 aliphatic carbocycles. The minimum atomic E-state index is -6.03. The van der Waals surface area contributed by atoms with Gasteiger partial charge in [-0.1, -0.05) is 0 Å². The van der Waals surface area contributed by atoms with Crippen LogP contribution in [0.4, 0.5) is 0 Å². The topological polar surface area (TPSA) is 0 Å². The van der Waals surface area contributed by atoms with Crippen LogP contribution in [-0.2, 0) is 16.1 Å². The van der Waals surface area contributed by atoms with Gasteiger partial charge >= 0.3 is 451 Å². The van der Waals surface area contributed by atoms with Crippen LogP contribution in [0.5, 0.6) is 0 Å². The second-order valence-electron chi connectivity index (χ2n) is 21.1. The van der Waals surface area contributed by atoms with Crippen LogP contribution in [0.25, 0.3) is 89.3 Å². The Balaban J connectivity index is 1.07. The molecule has 0 radical (unpaired) electrons. The van der Waals surface area contributed by atoms with Crippen molar-refractivity contribution in [3.8, 4) is 55.6 Å². The second kappa shape index (κ2) is 19.2. The van der Waals surface area contributed by atoms with Crippen molar-refractivity contribution in [1.82, 2.24) is 0 Å². The van der Waals surface area contributed by atoms with Crippen LogP contribution in [0.15, 0.2) is 223 Å². The quantitative estimate of drug-likeness (QED) is 0.101. The average molecular weight is 1180 g/mol. The van der Waals surface area contributed by atoms with E-state index in [9.17, 15) is 17.2 Å². The van der Waals surface area contributed by atoms with Gasteiger partial charge in [-0.15, -0.1) is 0 Å². The molecule has 0 bridgehead atoms. The van der Waals surface area contributed by atoms with Gasteiger partial charge in [-0.3, -0.25) is 0 Å². The molecule has 0 fully saturated rings. The Morgan fingerprint density at radius 1 is 0.378 bits per heavy atom. The maximum absolute atomic E-state index is 9.67. The predicted octanol–water partition coefficient (Wildman–Crippen LogP) is 18.0. The minimum absolute atomic E-state index is 0.140. The molecule has 361 valence electrons. The van der Waals surface area contributed by atoms with Crippen LogP contribution < -0.4 is 13.7 Å². The number of benzene rings is 10. The molecule has 0 spiro atoms. The summed E-state index contributed by atoms with van der Waals surface area (Å²) in [6, 6.07) is 79.5. The summed E-state index contributed by atoms with van der Waals surface area (Å²) in [7, 11) is 18.4. The van der Waals surface area contributed by atoms with E-state index in [0.717, 1.165) is 38.5 Å². The molecule has 2 atom stereocenters. The van der Waals surface area contributed by atoms with Gasteiger partial charge in [0.15, 0.2) is 0 Å². The van der Waals surface area contributed by atoms with Gasteiger partial charge in [0, 0.05) is 0 Å². The van der Waals surface area contributed by atoms with Crippen molar-refractivity contribution in [2.45, 2.75) is 59.7 Å². The van der Waals surface area contributed by atoms with Gasteiger partial charge < -0.3 is 0 Å². The Kier molecular flexibility index (Phi) is 12.4. The Bertz CT molecular complexity index is 3720. The van der Waals surface area contributed by atoms with Crippen molar-refractivity contribution < 1.29 is 16.1 Å². The standard InChI is InChI=1S/2C29H25.C12H9Si.2ClH.Hf/c2*1-2-3-10-21-19-23-13-9-18-28(29(23)20-21)27-16-7-6-15-26(27)25-17-8-12-22-11-4-5-14-24(22)25;1-3-7-11-9(5-1)10-6-2-4-8-12(10)13-11;;;/h2*4-9,11-20H,2-3,10H2,1H3;1-7H,13H2;2*1H;/q;;;;;+2/p-2. The van der Waals surface area contributed by atoms with Crippen LogP contribution in [-0.4, -0.2) is 9.52 Å². The third-order valence-corrected chi connectivity index (χ3v) is 48.7. The molecule has 1 aliphatic heterocycles. The first-order valence-electron chi connectivity index (χ1n) is 26.9. The van der Waals surface area contributed by atoms with Gasteiger partial charge in [0.1, 0.15) is 0 Å². The molecule has 3 aliphatic rings. The number of halogens is 2. The fraction of sp³-hybridized carbons (Fsp3) is 0.143. The SMILES string of the molecule is CCCCC1=Cc2c(-c3ccccc3-c3cccc4ccccc34)cccc2[CH]1[Hf]([Cl])([Cl])([c]1cccc2c1[SiH2]c1ccccc1-2)[CH]1C(CCCC)=Cc2c(-c3ccccc3-c3cccc4ccccc34)cccc21. The summed E-state index contributed by atoms with van der Waals surface area (Å²) in [4.78, 5) is 0. The van der Waals surface area contributed by atoms with Gasteiger partial charge in [-0.25, -0.2) is 0 Å². The van der Waals surface area contributed by atoms with Gasteiger partial charge in [0.25, 0.3) is 0 Å². The zero-order valence-corrected chi connectivity index (χ0v) is 48.7. The van der Waals surface area contributed by atoms with Crippen molar-refractivity contribution in [1.29, 1.82) is 0 Å². The first kappa shape index (κ1) is 47.6. The summed E-state index contributed by atoms with van der Waals surface area (Å²) in [5.41, 5.74) is 20.6. The molecule has 0 saturated carbocycles. The Labute approximate surface area is 447 Å². The van der Waals surface area contributed by atoms with Crippen molar-refractivity contribution in [2.75, 3.05) is 0 Å². The molecule has 10 aromatic carbocycles. The molecule has 13 rings (SSSR count). The Morgan fingerprint density at radius 2 is 0.757 bits per heavy atom. The van der Waals surface area contributed by atoms with E-state index in [0.29, 0.717) is 0 Å². The van der Waals surface area contributed by atoms with Gasteiger partial charge in [0.2, 0.25) is 0 Å². The van der Waals surface area contributed by atoms with Crippen molar-refractivity contribution in [3.05, 3.63) is 246 Å². The van der Waals surface area contributed by atoms with E-state index in [-0.39, 0.29) is 7.35 Å². The molecule has 0 amide bonds. The molecular weight excluding hydrogens is 1120 g/mol. The van der Waals surface area contributed by atoms with E-state index in [1.165, 1.54) is 124 Å². The van der Waals surface area contributed by atoms with Crippen LogP contribution in [0.3, 0.4) is 0 Å². The van der Waals surface area contributed by atoms with Crippen LogP contribution in [0.2, 0.25) is 0 Å². The van der Waals surface area contributed by atoms with E-state index in [4.69, 9.17) is 0 Å². The molecule has 0 nitrogen and oxygen atoms in total. The van der Waals surface area contributed by atoms with Crippen LogP contribution in [0.1, 0.15) is 82.0 Å². The second-order valence-corrected chi connectivity index (χ2v) is 52.2. The molecule has 1 heterocycles. The van der Waals surface area contributed by atoms with Crippen LogP contribution in [0, 0.1) is 0 Å². The van der Waals surface area contributed by atoms with E-state index in [2.05, 4.69) is 238 Å². The molecular formula is C70H59Cl2HfSi. The number of allylic oxidation sites excluding steroid dienone is 2. The number of rotatable bonds is 13. The Morgan fingerprint density at radius 3 is 1.27 bits per heavy atom. The van der Waals surface area contributed by atoms with Crippen LogP contribution >= 0.6 is 17.2 Å². The van der Waals surface area contributed by atoms with Gasteiger partial charge in [0.05, 0.1) is 0 Å². The third-order valence-electron chi connectivity index (χ3n) is 17.0. The molecule has 2 unspecified atom stereocenters. The molecule has 0 N–H and O–H groups in total. The summed E-state index contributed by atoms with van der Waals surface area (Å²) < 4.78 is 1.02. The number of hydrogen-bond donors (Lipinski definition) is 0. The zero-order valence-electron chi connectivity index (χ0n) is 42.2. The van der Waals surface area contributed by atoms with Gasteiger partial charge in [-0.2, -0.15) is 0 Å². The molecule has 0 aromatic heterocycles. The van der Waals surface area contributed by atoms with Crippen molar-refractivity contribution in [2.24, 2.45) is 0 Å². The van der Waals surface area contributed by atoms with Crippen molar-refractivity contribution in [3.63, 3.8) is 0 Å². The zero-order chi connectivity index (χ0) is 50.0. The van der Waals surface area contributed by atoms with E-state index in [1.807, 2.05) is 0 Å². The summed E-state index contributed by atoms with van der Waals surface area (Å²) >= 11 is -6.03. The first-order valence-corrected chi connectivity index (χ1v) is 43.2. The maximum atomic E-state index is 9.67. The number of fused-ring (bicyclic) bond motifs is 7. The fourth-order valence-electron chi connectivity index (χ4n) is 13.8. The van der Waals surface area contributed by atoms with E-state index in [1.54, 1.807) is 0 Å². The monoisotopic (exact) mass is 1180 g/mol. The molecule has 0 saturated heterocycles. The average Bonchev–Trinajstić information content (AvgIpc) is 4.17. The summed E-state index contributed by atoms with van der Waals surface area (Å²) in [6.07, 6.45) is 11.4. The first-order chi connectivity index (χ1) is 36.3. The summed E-state index contributed by atoms with van der Waals surface area (Å²) in [6.45, 7) is 4.64. The third kappa shape index (κ3) is 7.61. The number of hydrogen-bond acceptors (Lipinski definition) is 0. The molecule has 74 heavy (non-hydrogen) atoms. The number of unbranched alkanes of at least 4 members (excludes halogenated alkanes) is 2. The summed E-state index contributed by atoms with van der Waals surface area (Å²) in [5.74, 6) is 0. The molecule has 4 heteroatoms. The summed E-state index contributed by atoms with van der Waals surface area (Å²) in [5, 5.41) is 7.97. The molecule has 10 aromatic rings. The van der Waals surface area contributed by atoms with E-state index >= 15 is 0 Å². The van der Waals surface area contributed by atoms with Crippen molar-refractivity contribution >= 4 is 74.1 Å². The van der Waals surface area contributed by atoms with Gasteiger partial charge in [-0.05, 0) is 0 Å². The fourth-order valence-corrected chi connectivity index (χ4v) is 52.8.